The zero-order valence-electron chi connectivity index (χ0n) is 7.81. The van der Waals surface area contributed by atoms with E-state index < -0.39 is 0 Å². The SMILES string of the molecule is CC1Cc2c(F)cccc2CCN1. The number of hydrogen-bond acceptors (Lipinski definition) is 1. The molecule has 0 saturated heterocycles. The zero-order chi connectivity index (χ0) is 9.26. The monoisotopic (exact) mass is 179 g/mol. The molecule has 1 heterocycles. The lowest BCUT2D eigenvalue weighted by Crippen LogP contribution is -2.27. The van der Waals surface area contributed by atoms with E-state index in [2.05, 4.69) is 12.2 Å². The van der Waals surface area contributed by atoms with Crippen LogP contribution in [0, 0.1) is 5.82 Å². The maximum atomic E-state index is 13.4. The van der Waals surface area contributed by atoms with Crippen molar-refractivity contribution in [3.05, 3.63) is 35.1 Å². The van der Waals surface area contributed by atoms with E-state index in [0.29, 0.717) is 6.04 Å². The summed E-state index contributed by atoms with van der Waals surface area (Å²) in [5.41, 5.74) is 2.07. The summed E-state index contributed by atoms with van der Waals surface area (Å²) in [6, 6.07) is 5.76. The van der Waals surface area contributed by atoms with E-state index in [9.17, 15) is 4.39 Å². The molecule has 1 atom stereocenters. The molecule has 70 valence electrons. The summed E-state index contributed by atoms with van der Waals surface area (Å²) in [6.45, 7) is 3.05. The molecule has 0 fully saturated rings. The molecule has 0 saturated carbocycles. The Labute approximate surface area is 78.0 Å². The van der Waals surface area contributed by atoms with Crippen LogP contribution in [0.5, 0.6) is 0 Å². The highest BCUT2D eigenvalue weighted by atomic mass is 19.1. The Morgan fingerprint density at radius 2 is 2.31 bits per heavy atom. The van der Waals surface area contributed by atoms with Gasteiger partial charge in [-0.15, -0.1) is 0 Å². The van der Waals surface area contributed by atoms with Gasteiger partial charge in [-0.2, -0.15) is 0 Å². The van der Waals surface area contributed by atoms with Crippen molar-refractivity contribution in [1.29, 1.82) is 0 Å². The first-order chi connectivity index (χ1) is 6.27. The molecule has 1 aliphatic heterocycles. The van der Waals surface area contributed by atoms with E-state index in [1.54, 1.807) is 12.1 Å². The minimum Gasteiger partial charge on any atom is -0.314 e. The van der Waals surface area contributed by atoms with Gasteiger partial charge >= 0.3 is 0 Å². The third kappa shape index (κ3) is 1.73. The summed E-state index contributed by atoms with van der Waals surface area (Å²) >= 11 is 0. The number of rotatable bonds is 0. The second-order valence-electron chi connectivity index (χ2n) is 3.69. The van der Waals surface area contributed by atoms with Crippen LogP contribution in [0.25, 0.3) is 0 Å². The second-order valence-corrected chi connectivity index (χ2v) is 3.69. The van der Waals surface area contributed by atoms with Crippen LogP contribution >= 0.6 is 0 Å². The lowest BCUT2D eigenvalue weighted by molar-refractivity contribution is 0.550. The van der Waals surface area contributed by atoms with Crippen LogP contribution < -0.4 is 5.32 Å². The predicted octanol–water partition coefficient (Wildman–Crippen LogP) is 1.90. The third-order valence-corrected chi connectivity index (χ3v) is 2.61. The normalized spacial score (nSPS) is 22.2. The van der Waals surface area contributed by atoms with Crippen LogP contribution in [-0.4, -0.2) is 12.6 Å². The fourth-order valence-electron chi connectivity index (χ4n) is 1.90. The summed E-state index contributed by atoms with van der Waals surface area (Å²) in [5, 5.41) is 3.35. The van der Waals surface area contributed by atoms with Crippen molar-refractivity contribution in [2.45, 2.75) is 25.8 Å². The molecule has 0 aliphatic carbocycles. The Balaban J connectivity index is 2.40. The largest absolute Gasteiger partial charge is 0.314 e. The number of fused-ring (bicyclic) bond motifs is 1. The molecular formula is C11H14FN. The molecule has 13 heavy (non-hydrogen) atoms. The molecule has 0 radical (unpaired) electrons. The van der Waals surface area contributed by atoms with Gasteiger partial charge in [0.25, 0.3) is 0 Å². The Kier molecular flexibility index (Phi) is 2.32. The number of hydrogen-bond donors (Lipinski definition) is 1. The van der Waals surface area contributed by atoms with Gasteiger partial charge in [-0.05, 0) is 43.5 Å². The molecule has 0 aromatic heterocycles. The minimum atomic E-state index is -0.0481. The van der Waals surface area contributed by atoms with Gasteiger partial charge in [0.1, 0.15) is 5.82 Å². The maximum absolute atomic E-state index is 13.4. The Bertz CT molecular complexity index is 309. The van der Waals surface area contributed by atoms with E-state index in [1.165, 1.54) is 0 Å². The molecule has 1 aromatic carbocycles. The van der Waals surface area contributed by atoms with Crippen LogP contribution in [0.3, 0.4) is 0 Å². The van der Waals surface area contributed by atoms with Crippen molar-refractivity contribution in [1.82, 2.24) is 5.32 Å². The molecular weight excluding hydrogens is 165 g/mol. The molecule has 1 nitrogen and oxygen atoms in total. The maximum Gasteiger partial charge on any atom is 0.126 e. The van der Waals surface area contributed by atoms with E-state index in [0.717, 1.165) is 30.5 Å². The van der Waals surface area contributed by atoms with Gasteiger partial charge in [0.2, 0.25) is 0 Å². The van der Waals surface area contributed by atoms with Gasteiger partial charge in [0.05, 0.1) is 0 Å². The average molecular weight is 179 g/mol. The summed E-state index contributed by atoms with van der Waals surface area (Å²) < 4.78 is 13.4. The third-order valence-electron chi connectivity index (χ3n) is 2.61. The first-order valence-corrected chi connectivity index (χ1v) is 4.77. The van der Waals surface area contributed by atoms with Gasteiger partial charge in [-0.3, -0.25) is 0 Å². The smallest absolute Gasteiger partial charge is 0.126 e. The van der Waals surface area contributed by atoms with Crippen LogP contribution in [0.15, 0.2) is 18.2 Å². The standard InChI is InChI=1S/C11H14FN/c1-8-7-10-9(5-6-13-8)3-2-4-11(10)12/h2-4,8,13H,5-7H2,1H3. The number of halogens is 1. The van der Waals surface area contributed by atoms with Gasteiger partial charge in [-0.25, -0.2) is 4.39 Å². The molecule has 0 bridgehead atoms. The fourth-order valence-corrected chi connectivity index (χ4v) is 1.90. The first-order valence-electron chi connectivity index (χ1n) is 4.77. The molecule has 1 N–H and O–H groups in total. The lowest BCUT2D eigenvalue weighted by atomic mass is 10.0. The molecule has 1 aromatic rings. The zero-order valence-corrected chi connectivity index (χ0v) is 7.81. The van der Waals surface area contributed by atoms with Crippen molar-refractivity contribution in [3.63, 3.8) is 0 Å². The highest BCUT2D eigenvalue weighted by Crippen LogP contribution is 2.18. The summed E-state index contributed by atoms with van der Waals surface area (Å²) in [6.07, 6.45) is 1.75. The topological polar surface area (TPSA) is 12.0 Å². The van der Waals surface area contributed by atoms with Gasteiger partial charge in [0, 0.05) is 6.04 Å². The van der Waals surface area contributed by atoms with Crippen molar-refractivity contribution < 1.29 is 4.39 Å². The van der Waals surface area contributed by atoms with Gasteiger partial charge in [-0.1, -0.05) is 12.1 Å². The van der Waals surface area contributed by atoms with Crippen LogP contribution in [0.2, 0.25) is 0 Å². The van der Waals surface area contributed by atoms with E-state index >= 15 is 0 Å². The second kappa shape index (κ2) is 3.46. The molecule has 0 spiro atoms. The van der Waals surface area contributed by atoms with E-state index in [-0.39, 0.29) is 5.82 Å². The van der Waals surface area contributed by atoms with Crippen LogP contribution in [0.4, 0.5) is 4.39 Å². The number of benzene rings is 1. The van der Waals surface area contributed by atoms with Crippen molar-refractivity contribution in [2.24, 2.45) is 0 Å². The van der Waals surface area contributed by atoms with Crippen molar-refractivity contribution >= 4 is 0 Å². The molecule has 2 rings (SSSR count). The van der Waals surface area contributed by atoms with Gasteiger partial charge < -0.3 is 5.32 Å². The molecule has 2 heteroatoms. The first kappa shape index (κ1) is 8.70. The van der Waals surface area contributed by atoms with E-state index in [1.807, 2.05) is 6.07 Å². The predicted molar refractivity (Wildman–Crippen MR) is 51.3 cm³/mol. The minimum absolute atomic E-state index is 0.0481. The lowest BCUT2D eigenvalue weighted by Gasteiger charge is -2.09. The van der Waals surface area contributed by atoms with Crippen molar-refractivity contribution in [3.8, 4) is 0 Å². The molecule has 0 amide bonds. The highest BCUT2D eigenvalue weighted by Gasteiger charge is 2.15. The Morgan fingerprint density at radius 3 is 3.15 bits per heavy atom. The summed E-state index contributed by atoms with van der Waals surface area (Å²) in [7, 11) is 0. The summed E-state index contributed by atoms with van der Waals surface area (Å²) in [5.74, 6) is -0.0481. The summed E-state index contributed by atoms with van der Waals surface area (Å²) in [4.78, 5) is 0. The average Bonchev–Trinajstić information content (AvgIpc) is 2.28. The Hall–Kier alpha value is -0.890. The van der Waals surface area contributed by atoms with Crippen molar-refractivity contribution in [2.75, 3.05) is 6.54 Å². The van der Waals surface area contributed by atoms with Crippen LogP contribution in [0.1, 0.15) is 18.1 Å². The molecule has 1 aliphatic rings. The van der Waals surface area contributed by atoms with E-state index in [4.69, 9.17) is 0 Å². The Morgan fingerprint density at radius 1 is 1.46 bits per heavy atom. The van der Waals surface area contributed by atoms with Gasteiger partial charge in [0.15, 0.2) is 0 Å². The fraction of sp³-hybridized carbons (Fsp3) is 0.455. The van der Waals surface area contributed by atoms with Crippen LogP contribution in [-0.2, 0) is 12.8 Å². The quantitative estimate of drug-likeness (QED) is 0.641. The highest BCUT2D eigenvalue weighted by molar-refractivity contribution is 5.30. The molecule has 1 unspecified atom stereocenters. The number of nitrogens with one attached hydrogen (secondary N) is 1.